The van der Waals surface area contributed by atoms with E-state index in [1.807, 2.05) is 12.3 Å². The first-order valence-corrected chi connectivity index (χ1v) is 9.91. The lowest BCUT2D eigenvalue weighted by Crippen LogP contribution is -2.68. The summed E-state index contributed by atoms with van der Waals surface area (Å²) >= 11 is 0. The fraction of sp³-hybridized carbons (Fsp3) is 0.522. The van der Waals surface area contributed by atoms with Gasteiger partial charge in [0.25, 0.3) is 0 Å². The summed E-state index contributed by atoms with van der Waals surface area (Å²) in [5.41, 5.74) is 4.89. The van der Waals surface area contributed by atoms with Gasteiger partial charge in [-0.15, -0.1) is 0 Å². The molecular weight excluding hydrogens is 320 g/mol. The van der Waals surface area contributed by atoms with Crippen molar-refractivity contribution in [3.05, 3.63) is 36.0 Å². The van der Waals surface area contributed by atoms with Gasteiger partial charge in [0.2, 0.25) is 5.71 Å². The number of furan rings is 1. The van der Waals surface area contributed by atoms with Crippen molar-refractivity contribution >= 4 is 27.8 Å². The quantitative estimate of drug-likeness (QED) is 0.533. The predicted octanol–water partition coefficient (Wildman–Crippen LogP) is 6.08. The highest BCUT2D eigenvalue weighted by atomic mass is 16.3. The molecule has 136 valence electrons. The maximum atomic E-state index is 6.33. The third kappa shape index (κ3) is 1.87. The normalized spacial score (nSPS) is 34.1. The third-order valence-electron chi connectivity index (χ3n) is 7.83. The summed E-state index contributed by atoms with van der Waals surface area (Å²) in [4.78, 5) is 7.16. The van der Waals surface area contributed by atoms with Crippen LogP contribution < -0.4 is 4.90 Å². The van der Waals surface area contributed by atoms with Crippen molar-refractivity contribution in [2.75, 3.05) is 4.90 Å². The molecule has 4 atom stereocenters. The van der Waals surface area contributed by atoms with Gasteiger partial charge in [0, 0.05) is 28.6 Å². The van der Waals surface area contributed by atoms with Crippen molar-refractivity contribution in [3.63, 3.8) is 0 Å². The fourth-order valence-electron chi connectivity index (χ4n) is 5.90. The summed E-state index contributed by atoms with van der Waals surface area (Å²) in [5, 5.41) is 2.30. The lowest BCUT2D eigenvalue weighted by Gasteiger charge is -2.65. The molecule has 6 rings (SSSR count). The van der Waals surface area contributed by atoms with Gasteiger partial charge in [-0.25, -0.2) is 4.98 Å². The van der Waals surface area contributed by atoms with Gasteiger partial charge in [-0.2, -0.15) is 0 Å². The molecule has 2 saturated heterocycles. The molecule has 3 nitrogen and oxygen atoms in total. The minimum atomic E-state index is 0.196. The molecule has 2 aromatic heterocycles. The van der Waals surface area contributed by atoms with Crippen LogP contribution in [0.25, 0.3) is 22.1 Å². The van der Waals surface area contributed by atoms with Gasteiger partial charge in [0.05, 0.1) is 5.69 Å². The van der Waals surface area contributed by atoms with E-state index in [-0.39, 0.29) is 5.54 Å². The van der Waals surface area contributed by atoms with Crippen molar-refractivity contribution in [1.82, 2.24) is 4.98 Å². The number of aromatic nitrogens is 1. The van der Waals surface area contributed by atoms with Gasteiger partial charge in [0.15, 0.2) is 5.58 Å². The van der Waals surface area contributed by atoms with Crippen LogP contribution in [0.15, 0.2) is 34.9 Å². The first-order valence-electron chi connectivity index (χ1n) is 9.91. The minimum absolute atomic E-state index is 0.196. The molecule has 0 spiro atoms. The van der Waals surface area contributed by atoms with Crippen molar-refractivity contribution in [1.29, 1.82) is 0 Å². The zero-order chi connectivity index (χ0) is 18.3. The molecule has 0 radical (unpaired) electrons. The Kier molecular flexibility index (Phi) is 3.12. The van der Waals surface area contributed by atoms with E-state index in [0.29, 0.717) is 11.5 Å². The summed E-state index contributed by atoms with van der Waals surface area (Å²) in [6.07, 6.45) is 5.64. The zero-order valence-corrected chi connectivity index (χ0v) is 16.5. The Bertz CT molecular complexity index is 1020. The summed E-state index contributed by atoms with van der Waals surface area (Å²) < 4.78 is 6.33. The van der Waals surface area contributed by atoms with E-state index in [1.54, 1.807) is 0 Å². The Balaban J connectivity index is 1.80. The summed E-state index contributed by atoms with van der Waals surface area (Å²) in [7, 11) is 0. The summed E-state index contributed by atoms with van der Waals surface area (Å²) in [6, 6.07) is 9.05. The highest BCUT2D eigenvalue weighted by molar-refractivity contribution is 6.08. The number of benzene rings is 1. The highest BCUT2D eigenvalue weighted by Crippen LogP contribution is 2.59. The smallest absolute Gasteiger partial charge is 0.227 e. The molecule has 3 heteroatoms. The van der Waals surface area contributed by atoms with Crippen LogP contribution in [0.4, 0.5) is 5.69 Å². The molecule has 1 saturated carbocycles. The largest absolute Gasteiger partial charge is 0.436 e. The second kappa shape index (κ2) is 5.03. The van der Waals surface area contributed by atoms with Gasteiger partial charge in [-0.1, -0.05) is 26.0 Å². The number of aryl methyl sites for hydroxylation is 1. The number of rotatable bonds is 1. The topological polar surface area (TPSA) is 29.3 Å². The predicted molar refractivity (Wildman–Crippen MR) is 108 cm³/mol. The van der Waals surface area contributed by atoms with Crippen LogP contribution in [0.5, 0.6) is 0 Å². The maximum absolute atomic E-state index is 6.33. The molecule has 1 aromatic carbocycles. The molecule has 2 bridgehead atoms. The maximum Gasteiger partial charge on any atom is 0.227 e. The lowest BCUT2D eigenvalue weighted by molar-refractivity contribution is -0.00496. The van der Waals surface area contributed by atoms with Gasteiger partial charge < -0.3 is 9.32 Å². The zero-order valence-electron chi connectivity index (χ0n) is 16.5. The second-order valence-corrected chi connectivity index (χ2v) is 9.22. The SMILES string of the molecule is Cc1ccc2c(oc3ncccc32)c1N1C(C)C2(C)CCC1(C)CC2C. The summed E-state index contributed by atoms with van der Waals surface area (Å²) in [6.45, 7) is 12.0. The lowest BCUT2D eigenvalue weighted by atomic mass is 9.54. The van der Waals surface area contributed by atoms with E-state index >= 15 is 0 Å². The van der Waals surface area contributed by atoms with Gasteiger partial charge >= 0.3 is 0 Å². The number of fused-ring (bicyclic) bond motifs is 6. The Morgan fingerprint density at radius 2 is 1.92 bits per heavy atom. The summed E-state index contributed by atoms with van der Waals surface area (Å²) in [5.74, 6) is 0.754. The first kappa shape index (κ1) is 16.2. The Morgan fingerprint density at radius 3 is 2.69 bits per heavy atom. The number of anilines is 1. The van der Waals surface area contributed by atoms with Gasteiger partial charge in [-0.3, -0.25) is 0 Å². The van der Waals surface area contributed by atoms with Gasteiger partial charge in [-0.05, 0) is 69.1 Å². The molecule has 0 amide bonds. The average molecular weight is 348 g/mol. The van der Waals surface area contributed by atoms with Crippen LogP contribution in [-0.4, -0.2) is 16.6 Å². The molecule has 1 aliphatic carbocycles. The Hall–Kier alpha value is -2.03. The number of hydrogen-bond donors (Lipinski definition) is 0. The van der Waals surface area contributed by atoms with Crippen molar-refractivity contribution in [2.45, 2.75) is 65.5 Å². The molecule has 3 fully saturated rings. The van der Waals surface area contributed by atoms with E-state index in [4.69, 9.17) is 4.42 Å². The first-order chi connectivity index (χ1) is 12.3. The van der Waals surface area contributed by atoms with Crippen molar-refractivity contribution in [3.8, 4) is 0 Å². The number of hydrogen-bond acceptors (Lipinski definition) is 3. The molecule has 26 heavy (non-hydrogen) atoms. The second-order valence-electron chi connectivity index (χ2n) is 9.22. The van der Waals surface area contributed by atoms with Crippen LogP contribution in [-0.2, 0) is 0 Å². The van der Waals surface area contributed by atoms with E-state index in [1.165, 1.54) is 35.9 Å². The van der Waals surface area contributed by atoms with E-state index < -0.39 is 0 Å². The van der Waals surface area contributed by atoms with Crippen LogP contribution in [0, 0.1) is 18.3 Å². The fourth-order valence-corrected chi connectivity index (χ4v) is 5.90. The van der Waals surface area contributed by atoms with Crippen LogP contribution in [0.2, 0.25) is 0 Å². The molecular formula is C23H28N2O. The third-order valence-corrected chi connectivity index (χ3v) is 7.83. The van der Waals surface area contributed by atoms with E-state index in [2.05, 4.69) is 62.7 Å². The van der Waals surface area contributed by atoms with Crippen LogP contribution in [0.1, 0.15) is 52.5 Å². The molecule has 3 aliphatic rings. The Labute approximate surface area is 155 Å². The Morgan fingerprint density at radius 1 is 1.12 bits per heavy atom. The van der Waals surface area contributed by atoms with Crippen molar-refractivity contribution < 1.29 is 4.42 Å². The van der Waals surface area contributed by atoms with Gasteiger partial charge in [0.1, 0.15) is 0 Å². The molecule has 4 unspecified atom stereocenters. The number of nitrogens with zero attached hydrogens (tertiary/aromatic N) is 2. The highest BCUT2D eigenvalue weighted by Gasteiger charge is 2.57. The van der Waals surface area contributed by atoms with E-state index in [0.717, 1.165) is 22.6 Å². The van der Waals surface area contributed by atoms with E-state index in [9.17, 15) is 0 Å². The standard InChI is InChI=1S/C23H28N2O/c1-14-8-9-17-18-7-6-12-24-21(18)26-20(17)19(14)25-16(3)23(5)11-10-22(25,4)13-15(23)2/h6-9,12,15-16H,10-11,13H2,1-5H3. The number of piperidine rings is 2. The van der Waals surface area contributed by atoms with Crippen LogP contribution in [0.3, 0.4) is 0 Å². The average Bonchev–Trinajstić information content (AvgIpc) is 2.98. The van der Waals surface area contributed by atoms with Crippen LogP contribution >= 0.6 is 0 Å². The molecule has 3 aromatic rings. The molecule has 2 aliphatic heterocycles. The number of pyridine rings is 1. The minimum Gasteiger partial charge on any atom is -0.436 e. The monoisotopic (exact) mass is 348 g/mol. The van der Waals surface area contributed by atoms with Crippen molar-refractivity contribution in [2.24, 2.45) is 11.3 Å². The molecule has 0 N–H and O–H groups in total. The molecule has 4 heterocycles.